The fourth-order valence-electron chi connectivity index (χ4n) is 1.48. The van der Waals surface area contributed by atoms with Gasteiger partial charge in [0, 0.05) is 0 Å². The van der Waals surface area contributed by atoms with Crippen molar-refractivity contribution in [3.8, 4) is 0 Å². The third kappa shape index (κ3) is 2.46. The standard InChI is InChI=1S/C14H13/c1-2-7-13(8-3-1)11-6-12-14-9-4-5-10-14/h1-4,6-9,11H,5,12H2/b11-6+. The molecule has 1 aromatic rings. The lowest BCUT2D eigenvalue weighted by Gasteiger charge is -1.92. The molecule has 0 atom stereocenters. The Morgan fingerprint density at radius 3 is 2.79 bits per heavy atom. The highest BCUT2D eigenvalue weighted by atomic mass is 14.0. The van der Waals surface area contributed by atoms with E-state index in [0.29, 0.717) is 0 Å². The summed E-state index contributed by atoms with van der Waals surface area (Å²) in [6.45, 7) is 0. The van der Waals surface area contributed by atoms with Crippen LogP contribution in [0, 0.1) is 6.08 Å². The Morgan fingerprint density at radius 2 is 2.07 bits per heavy atom. The average molecular weight is 181 g/mol. The first kappa shape index (κ1) is 9.01. The summed E-state index contributed by atoms with van der Waals surface area (Å²) in [5.41, 5.74) is 2.56. The van der Waals surface area contributed by atoms with E-state index < -0.39 is 0 Å². The average Bonchev–Trinajstić information content (AvgIpc) is 2.72. The SMILES string of the molecule is [C]1=C(C/C=C/c2ccccc2)C=CC1. The molecular weight excluding hydrogens is 168 g/mol. The molecule has 2 rings (SSSR count). The van der Waals surface area contributed by atoms with Gasteiger partial charge in [0.25, 0.3) is 0 Å². The fraction of sp³-hybridized carbons (Fsp3) is 0.143. The second-order valence-electron chi connectivity index (χ2n) is 3.33. The lowest BCUT2D eigenvalue weighted by molar-refractivity contribution is 1.26. The van der Waals surface area contributed by atoms with E-state index in [9.17, 15) is 0 Å². The van der Waals surface area contributed by atoms with Crippen LogP contribution in [0.2, 0.25) is 0 Å². The fourth-order valence-corrected chi connectivity index (χ4v) is 1.48. The second kappa shape index (κ2) is 4.61. The highest BCUT2D eigenvalue weighted by Crippen LogP contribution is 2.13. The van der Waals surface area contributed by atoms with E-state index in [4.69, 9.17) is 0 Å². The van der Waals surface area contributed by atoms with Gasteiger partial charge in [-0.15, -0.1) is 0 Å². The van der Waals surface area contributed by atoms with Crippen molar-refractivity contribution >= 4 is 6.08 Å². The normalized spacial score (nSPS) is 15.0. The van der Waals surface area contributed by atoms with Gasteiger partial charge in [-0.2, -0.15) is 0 Å². The Morgan fingerprint density at radius 1 is 1.21 bits per heavy atom. The van der Waals surface area contributed by atoms with E-state index in [2.05, 4.69) is 54.6 Å². The maximum Gasteiger partial charge on any atom is -0.00884 e. The zero-order valence-electron chi connectivity index (χ0n) is 8.11. The number of hydrogen-bond donors (Lipinski definition) is 0. The number of benzene rings is 1. The summed E-state index contributed by atoms with van der Waals surface area (Å²) in [5.74, 6) is 0. The zero-order chi connectivity index (χ0) is 9.64. The largest absolute Gasteiger partial charge is 0.0798 e. The van der Waals surface area contributed by atoms with Crippen molar-refractivity contribution in [3.63, 3.8) is 0 Å². The van der Waals surface area contributed by atoms with E-state index in [0.717, 1.165) is 12.8 Å². The van der Waals surface area contributed by atoms with Gasteiger partial charge in [0.05, 0.1) is 0 Å². The molecule has 1 aromatic carbocycles. The molecule has 0 heteroatoms. The van der Waals surface area contributed by atoms with Crippen molar-refractivity contribution in [2.24, 2.45) is 0 Å². The van der Waals surface area contributed by atoms with Crippen LogP contribution in [0.1, 0.15) is 18.4 Å². The summed E-state index contributed by atoms with van der Waals surface area (Å²) >= 11 is 0. The van der Waals surface area contributed by atoms with Crippen LogP contribution < -0.4 is 0 Å². The molecule has 0 nitrogen and oxygen atoms in total. The van der Waals surface area contributed by atoms with Crippen molar-refractivity contribution in [1.82, 2.24) is 0 Å². The molecular formula is C14H13. The quantitative estimate of drug-likeness (QED) is 0.665. The summed E-state index contributed by atoms with van der Waals surface area (Å²) in [6, 6.07) is 10.4. The van der Waals surface area contributed by atoms with Crippen molar-refractivity contribution in [3.05, 3.63) is 65.8 Å². The van der Waals surface area contributed by atoms with E-state index in [1.54, 1.807) is 0 Å². The van der Waals surface area contributed by atoms with Gasteiger partial charge in [0.1, 0.15) is 0 Å². The van der Waals surface area contributed by atoms with Crippen LogP contribution in [0.5, 0.6) is 0 Å². The molecule has 14 heavy (non-hydrogen) atoms. The van der Waals surface area contributed by atoms with Gasteiger partial charge in [-0.1, -0.05) is 54.6 Å². The van der Waals surface area contributed by atoms with Gasteiger partial charge < -0.3 is 0 Å². The van der Waals surface area contributed by atoms with Crippen molar-refractivity contribution in [2.45, 2.75) is 12.8 Å². The monoisotopic (exact) mass is 181 g/mol. The van der Waals surface area contributed by atoms with Crippen molar-refractivity contribution in [1.29, 1.82) is 0 Å². The van der Waals surface area contributed by atoms with Gasteiger partial charge in [0.15, 0.2) is 0 Å². The zero-order valence-corrected chi connectivity index (χ0v) is 8.11. The summed E-state index contributed by atoms with van der Waals surface area (Å²) < 4.78 is 0. The lowest BCUT2D eigenvalue weighted by atomic mass is 10.1. The van der Waals surface area contributed by atoms with Crippen LogP contribution in [0.25, 0.3) is 6.08 Å². The van der Waals surface area contributed by atoms with E-state index in [1.807, 2.05) is 6.07 Å². The highest BCUT2D eigenvalue weighted by molar-refractivity contribution is 5.49. The lowest BCUT2D eigenvalue weighted by Crippen LogP contribution is -1.72. The van der Waals surface area contributed by atoms with E-state index in [1.165, 1.54) is 11.1 Å². The second-order valence-corrected chi connectivity index (χ2v) is 3.33. The Hall–Kier alpha value is -1.56. The van der Waals surface area contributed by atoms with Crippen molar-refractivity contribution in [2.75, 3.05) is 0 Å². The molecule has 0 unspecified atom stereocenters. The molecule has 0 aromatic heterocycles. The molecule has 69 valence electrons. The van der Waals surface area contributed by atoms with E-state index >= 15 is 0 Å². The molecule has 0 saturated heterocycles. The maximum atomic E-state index is 3.30. The van der Waals surface area contributed by atoms with Crippen LogP contribution in [-0.2, 0) is 0 Å². The number of rotatable bonds is 3. The summed E-state index contributed by atoms with van der Waals surface area (Å²) in [7, 11) is 0. The molecule has 0 fully saturated rings. The molecule has 1 radical (unpaired) electrons. The Balaban J connectivity index is 1.92. The predicted octanol–water partition coefficient (Wildman–Crippen LogP) is 3.78. The van der Waals surface area contributed by atoms with Crippen LogP contribution in [0.4, 0.5) is 0 Å². The van der Waals surface area contributed by atoms with Crippen LogP contribution in [-0.4, -0.2) is 0 Å². The molecule has 0 N–H and O–H groups in total. The molecule has 0 bridgehead atoms. The smallest absolute Gasteiger partial charge is 0.00884 e. The third-order valence-corrected chi connectivity index (χ3v) is 2.21. The van der Waals surface area contributed by atoms with Gasteiger partial charge in [0.2, 0.25) is 0 Å². The third-order valence-electron chi connectivity index (χ3n) is 2.21. The topological polar surface area (TPSA) is 0 Å². The minimum absolute atomic E-state index is 0.981. The van der Waals surface area contributed by atoms with E-state index in [-0.39, 0.29) is 0 Å². The first-order valence-corrected chi connectivity index (χ1v) is 4.93. The van der Waals surface area contributed by atoms with Crippen LogP contribution in [0.15, 0.2) is 54.1 Å². The summed E-state index contributed by atoms with van der Waals surface area (Å²) in [4.78, 5) is 0. The number of hydrogen-bond acceptors (Lipinski definition) is 0. The number of allylic oxidation sites excluding steroid dienone is 5. The molecule has 0 aliphatic heterocycles. The maximum absolute atomic E-state index is 3.30. The Bertz CT molecular complexity index is 366. The Labute approximate surface area is 85.3 Å². The first-order chi connectivity index (χ1) is 6.95. The molecule has 0 heterocycles. The van der Waals surface area contributed by atoms with Crippen LogP contribution >= 0.6 is 0 Å². The van der Waals surface area contributed by atoms with Crippen molar-refractivity contribution < 1.29 is 0 Å². The predicted molar refractivity (Wildman–Crippen MR) is 60.6 cm³/mol. The summed E-state index contributed by atoms with van der Waals surface area (Å²) in [5, 5.41) is 0. The van der Waals surface area contributed by atoms with Gasteiger partial charge >= 0.3 is 0 Å². The van der Waals surface area contributed by atoms with Gasteiger partial charge in [-0.25, -0.2) is 0 Å². The van der Waals surface area contributed by atoms with Crippen LogP contribution in [0.3, 0.4) is 0 Å². The minimum Gasteiger partial charge on any atom is -0.0798 e. The minimum atomic E-state index is 0.981. The molecule has 1 aliphatic rings. The first-order valence-electron chi connectivity index (χ1n) is 4.93. The Kier molecular flexibility index (Phi) is 2.97. The molecule has 0 amide bonds. The molecule has 1 aliphatic carbocycles. The highest BCUT2D eigenvalue weighted by Gasteiger charge is 1.94. The molecule has 0 spiro atoms. The summed E-state index contributed by atoms with van der Waals surface area (Å²) in [6.07, 6.45) is 13.9. The molecule has 0 saturated carbocycles. The van der Waals surface area contributed by atoms with Gasteiger partial charge in [-0.05, 0) is 30.1 Å². The van der Waals surface area contributed by atoms with Gasteiger partial charge in [-0.3, -0.25) is 0 Å².